The van der Waals surface area contributed by atoms with E-state index >= 15 is 0 Å². The quantitative estimate of drug-likeness (QED) is 0.385. The van der Waals surface area contributed by atoms with Gasteiger partial charge in [-0.05, 0) is 41.8 Å². The summed E-state index contributed by atoms with van der Waals surface area (Å²) in [6.07, 6.45) is 3.20. The van der Waals surface area contributed by atoms with E-state index in [1.807, 2.05) is 17.8 Å². The number of benzene rings is 1. The molecule has 4 rings (SSSR count). The van der Waals surface area contributed by atoms with Gasteiger partial charge in [-0.2, -0.15) is 18.3 Å². The van der Waals surface area contributed by atoms with Crippen LogP contribution in [0.2, 0.25) is 0 Å². The summed E-state index contributed by atoms with van der Waals surface area (Å²) in [6, 6.07) is 6.25. The van der Waals surface area contributed by atoms with Crippen LogP contribution >= 0.6 is 0 Å². The monoisotopic (exact) mass is 484 g/mol. The maximum atomic E-state index is 14.7. The molecular formula is C24H20F4N6O. The average molecular weight is 484 g/mol. The molecule has 1 aromatic carbocycles. The van der Waals surface area contributed by atoms with Crippen molar-refractivity contribution in [1.82, 2.24) is 24.7 Å². The highest BCUT2D eigenvalue weighted by molar-refractivity contribution is 5.91. The molecule has 0 fully saturated rings. The summed E-state index contributed by atoms with van der Waals surface area (Å²) in [5.41, 5.74) is 1.34. The number of hydrogen-bond donors (Lipinski definition) is 1. The maximum Gasteiger partial charge on any atom is 0.417 e. The lowest BCUT2D eigenvalue weighted by Gasteiger charge is -2.09. The third kappa shape index (κ3) is 6.05. The fourth-order valence-corrected chi connectivity index (χ4v) is 3.31. The van der Waals surface area contributed by atoms with Crippen LogP contribution in [-0.2, 0) is 30.4 Å². The third-order valence-corrected chi connectivity index (χ3v) is 5.17. The van der Waals surface area contributed by atoms with Gasteiger partial charge in [0.05, 0.1) is 18.2 Å². The van der Waals surface area contributed by atoms with Crippen LogP contribution in [0.15, 0.2) is 61.3 Å². The summed E-state index contributed by atoms with van der Waals surface area (Å²) in [7, 11) is 0. The van der Waals surface area contributed by atoms with E-state index in [0.29, 0.717) is 29.6 Å². The number of pyridine rings is 1. The number of anilines is 1. The van der Waals surface area contributed by atoms with E-state index in [0.717, 1.165) is 24.2 Å². The molecule has 0 saturated heterocycles. The molecule has 3 aromatic heterocycles. The van der Waals surface area contributed by atoms with Crippen molar-refractivity contribution < 1.29 is 22.4 Å². The molecule has 1 amide bonds. The highest BCUT2D eigenvalue weighted by Gasteiger charge is 2.30. The number of alkyl halides is 3. The van der Waals surface area contributed by atoms with Crippen LogP contribution in [0.4, 0.5) is 23.4 Å². The summed E-state index contributed by atoms with van der Waals surface area (Å²) in [5.74, 6) is -0.661. The molecule has 1 N–H and O–H groups in total. The van der Waals surface area contributed by atoms with E-state index in [1.54, 1.807) is 24.7 Å². The van der Waals surface area contributed by atoms with Gasteiger partial charge in [0.1, 0.15) is 17.5 Å². The Morgan fingerprint density at radius 1 is 1.00 bits per heavy atom. The lowest BCUT2D eigenvalue weighted by Crippen LogP contribution is -2.16. The van der Waals surface area contributed by atoms with Gasteiger partial charge in [0, 0.05) is 43.3 Å². The maximum absolute atomic E-state index is 14.7. The number of nitrogens with zero attached hydrogens (tertiary/aromatic N) is 5. The van der Waals surface area contributed by atoms with Gasteiger partial charge in [-0.15, -0.1) is 0 Å². The molecule has 0 aliphatic carbocycles. The van der Waals surface area contributed by atoms with Gasteiger partial charge in [0.25, 0.3) is 0 Å². The molecule has 180 valence electrons. The second-order valence-electron chi connectivity index (χ2n) is 7.73. The molecule has 0 unspecified atom stereocenters. The molecule has 0 bridgehead atoms. The topological polar surface area (TPSA) is 85.6 Å². The van der Waals surface area contributed by atoms with Crippen molar-refractivity contribution >= 4 is 11.7 Å². The minimum Gasteiger partial charge on any atom is -0.310 e. The van der Waals surface area contributed by atoms with Crippen molar-refractivity contribution in [1.29, 1.82) is 0 Å². The minimum atomic E-state index is -4.52. The molecule has 7 nitrogen and oxygen atoms in total. The van der Waals surface area contributed by atoms with Gasteiger partial charge in [0.2, 0.25) is 5.91 Å². The van der Waals surface area contributed by atoms with E-state index < -0.39 is 23.5 Å². The van der Waals surface area contributed by atoms with Crippen LogP contribution in [0.1, 0.15) is 29.4 Å². The Labute approximate surface area is 197 Å². The van der Waals surface area contributed by atoms with Gasteiger partial charge < -0.3 is 5.32 Å². The summed E-state index contributed by atoms with van der Waals surface area (Å²) < 4.78 is 54.3. The summed E-state index contributed by atoms with van der Waals surface area (Å²) in [5, 5.41) is 6.58. The van der Waals surface area contributed by atoms with Crippen molar-refractivity contribution in [2.45, 2.75) is 32.5 Å². The molecule has 3 heterocycles. The van der Waals surface area contributed by atoms with Gasteiger partial charge in [0.15, 0.2) is 0 Å². The predicted octanol–water partition coefficient (Wildman–Crippen LogP) is 4.68. The van der Waals surface area contributed by atoms with Gasteiger partial charge in [-0.25, -0.2) is 19.3 Å². The smallest absolute Gasteiger partial charge is 0.310 e. The van der Waals surface area contributed by atoms with Crippen molar-refractivity contribution in [3.8, 4) is 11.1 Å². The van der Waals surface area contributed by atoms with Crippen LogP contribution < -0.4 is 5.32 Å². The number of carbonyl (C=O) groups is 1. The predicted molar refractivity (Wildman–Crippen MR) is 120 cm³/mol. The van der Waals surface area contributed by atoms with E-state index in [2.05, 4.69) is 25.4 Å². The second kappa shape index (κ2) is 10.00. The second-order valence-corrected chi connectivity index (χ2v) is 7.73. The van der Waals surface area contributed by atoms with Crippen LogP contribution in [0.5, 0.6) is 0 Å². The first kappa shape index (κ1) is 24.0. The number of halogens is 4. The normalized spacial score (nSPS) is 11.5. The summed E-state index contributed by atoms with van der Waals surface area (Å²) in [6.45, 7) is 2.77. The highest BCUT2D eigenvalue weighted by Crippen LogP contribution is 2.29. The average Bonchev–Trinajstić information content (AvgIpc) is 3.28. The largest absolute Gasteiger partial charge is 0.417 e. The Hall–Kier alpha value is -4.15. The SMILES string of the molecule is CCn1cc(Cc2ncc(-c3ccc(CC(=O)Nc4ccc(C(F)(F)F)cn4)c(F)c3)cn2)cn1. The zero-order valence-electron chi connectivity index (χ0n) is 18.6. The summed E-state index contributed by atoms with van der Waals surface area (Å²) >= 11 is 0. The number of carbonyl (C=O) groups excluding carboxylic acids is 1. The fourth-order valence-electron chi connectivity index (χ4n) is 3.31. The Kier molecular flexibility index (Phi) is 6.85. The Balaban J connectivity index is 1.38. The van der Waals surface area contributed by atoms with Crippen molar-refractivity contribution in [2.75, 3.05) is 5.32 Å². The first-order valence-corrected chi connectivity index (χ1v) is 10.7. The molecule has 11 heteroatoms. The van der Waals surface area contributed by atoms with Gasteiger partial charge in [-0.1, -0.05) is 12.1 Å². The number of nitrogens with one attached hydrogen (secondary N) is 1. The van der Waals surface area contributed by atoms with Gasteiger partial charge >= 0.3 is 6.18 Å². The first-order chi connectivity index (χ1) is 16.7. The number of aromatic nitrogens is 5. The van der Waals surface area contributed by atoms with Crippen LogP contribution in [0.3, 0.4) is 0 Å². The Morgan fingerprint density at radius 3 is 2.37 bits per heavy atom. The number of aryl methyl sites for hydroxylation is 1. The van der Waals surface area contributed by atoms with E-state index in [1.165, 1.54) is 12.1 Å². The minimum absolute atomic E-state index is 0.0562. The van der Waals surface area contributed by atoms with Crippen molar-refractivity contribution in [3.05, 3.63) is 89.6 Å². The van der Waals surface area contributed by atoms with E-state index in [9.17, 15) is 22.4 Å². The Bertz CT molecular complexity index is 1320. The third-order valence-electron chi connectivity index (χ3n) is 5.17. The zero-order chi connectivity index (χ0) is 25.0. The van der Waals surface area contributed by atoms with Crippen molar-refractivity contribution in [2.24, 2.45) is 0 Å². The van der Waals surface area contributed by atoms with Crippen LogP contribution in [0.25, 0.3) is 11.1 Å². The van der Waals surface area contributed by atoms with E-state index in [4.69, 9.17) is 0 Å². The molecule has 35 heavy (non-hydrogen) atoms. The molecule has 4 aromatic rings. The standard InChI is InChI=1S/C24H20F4N6O/c1-2-34-14-15(10-32-34)7-22-29-11-18(12-30-22)16-3-4-17(20(25)8-16)9-23(35)33-21-6-5-19(13-31-21)24(26,27)28/h3-6,8,10-14H,2,7,9H2,1H3,(H,31,33,35). The van der Waals surface area contributed by atoms with Crippen LogP contribution in [-0.4, -0.2) is 30.6 Å². The molecule has 0 saturated carbocycles. The molecule has 0 radical (unpaired) electrons. The number of amides is 1. The first-order valence-electron chi connectivity index (χ1n) is 10.7. The molecule has 0 spiro atoms. The molecular weight excluding hydrogens is 464 g/mol. The molecule has 0 aliphatic heterocycles. The fraction of sp³-hybridized carbons (Fsp3) is 0.208. The highest BCUT2D eigenvalue weighted by atomic mass is 19.4. The van der Waals surface area contributed by atoms with Crippen molar-refractivity contribution in [3.63, 3.8) is 0 Å². The number of rotatable bonds is 7. The summed E-state index contributed by atoms with van der Waals surface area (Å²) in [4.78, 5) is 24.5. The molecule has 0 aliphatic rings. The lowest BCUT2D eigenvalue weighted by atomic mass is 10.0. The number of hydrogen-bond acceptors (Lipinski definition) is 5. The van der Waals surface area contributed by atoms with Gasteiger partial charge in [-0.3, -0.25) is 9.48 Å². The lowest BCUT2D eigenvalue weighted by molar-refractivity contribution is -0.137. The zero-order valence-corrected chi connectivity index (χ0v) is 18.6. The Morgan fingerprint density at radius 2 is 1.77 bits per heavy atom. The van der Waals surface area contributed by atoms with E-state index in [-0.39, 0.29) is 17.8 Å². The molecule has 0 atom stereocenters. The van der Waals surface area contributed by atoms with Crippen LogP contribution in [0, 0.1) is 5.82 Å².